The normalized spacial score (nSPS) is 15.1. The highest BCUT2D eigenvalue weighted by Crippen LogP contribution is 2.36. The smallest absolute Gasteiger partial charge is 0.338 e. The first-order valence-electron chi connectivity index (χ1n) is 11.2. The Hall–Kier alpha value is -3.97. The lowest BCUT2D eigenvalue weighted by atomic mass is 9.95. The van der Waals surface area contributed by atoms with Gasteiger partial charge in [0.25, 0.3) is 5.56 Å². The van der Waals surface area contributed by atoms with Crippen LogP contribution < -0.4 is 24.4 Å². The molecule has 1 N–H and O–H groups in total. The number of carbonyl (C=O) groups is 1. The molecule has 13 heteroatoms. The van der Waals surface area contributed by atoms with Crippen molar-refractivity contribution < 1.29 is 29.0 Å². The van der Waals surface area contributed by atoms with Crippen molar-refractivity contribution >= 4 is 45.0 Å². The first-order chi connectivity index (χ1) is 18.1. The summed E-state index contributed by atoms with van der Waals surface area (Å²) in [7, 11) is 2.97. The summed E-state index contributed by atoms with van der Waals surface area (Å²) in [5.74, 6) is -0.336. The van der Waals surface area contributed by atoms with Crippen LogP contribution in [0.3, 0.4) is 0 Å². The molecule has 1 aliphatic heterocycles. The first-order valence-corrected chi connectivity index (χ1v) is 12.8. The van der Waals surface area contributed by atoms with Gasteiger partial charge >= 0.3 is 11.7 Å². The summed E-state index contributed by atoms with van der Waals surface area (Å²) >= 11 is 4.22. The highest BCUT2D eigenvalue weighted by atomic mass is 79.9. The lowest BCUT2D eigenvalue weighted by molar-refractivity contribution is -0.385. The molecule has 0 radical (unpaired) electrons. The van der Waals surface area contributed by atoms with E-state index in [1.165, 1.54) is 37.0 Å². The third-order valence-electron chi connectivity index (χ3n) is 5.81. The molecule has 1 atom stereocenters. The average molecular weight is 604 g/mol. The predicted octanol–water partition coefficient (Wildman–Crippen LogP) is 3.19. The molecule has 0 unspecified atom stereocenters. The minimum absolute atomic E-state index is 0.0698. The van der Waals surface area contributed by atoms with E-state index in [2.05, 4.69) is 20.9 Å². The van der Waals surface area contributed by atoms with E-state index in [-0.39, 0.29) is 22.3 Å². The summed E-state index contributed by atoms with van der Waals surface area (Å²) in [6, 6.07) is 6.77. The second-order valence-electron chi connectivity index (χ2n) is 8.04. The van der Waals surface area contributed by atoms with Crippen LogP contribution in [0, 0.1) is 10.1 Å². The summed E-state index contributed by atoms with van der Waals surface area (Å²) < 4.78 is 17.9. The van der Waals surface area contributed by atoms with Crippen molar-refractivity contribution in [3.05, 3.63) is 87.0 Å². The molecule has 0 bridgehead atoms. The molecule has 2 aromatic carbocycles. The fourth-order valence-electron chi connectivity index (χ4n) is 4.13. The number of aromatic hydroxyl groups is 1. The molecule has 4 rings (SSSR count). The number of nitro groups is 1. The Kier molecular flexibility index (Phi) is 7.69. The van der Waals surface area contributed by atoms with Crippen LogP contribution in [0.4, 0.5) is 5.69 Å². The van der Waals surface area contributed by atoms with Crippen molar-refractivity contribution in [3.63, 3.8) is 0 Å². The third kappa shape index (κ3) is 4.82. The van der Waals surface area contributed by atoms with Crippen LogP contribution in [0.1, 0.15) is 31.0 Å². The summed E-state index contributed by atoms with van der Waals surface area (Å²) in [6.45, 7) is 3.46. The lowest BCUT2D eigenvalue weighted by Crippen LogP contribution is -2.40. The number of fused-ring (bicyclic) bond motifs is 1. The summed E-state index contributed by atoms with van der Waals surface area (Å²) in [4.78, 5) is 42.2. The van der Waals surface area contributed by atoms with E-state index in [4.69, 9.17) is 14.2 Å². The summed E-state index contributed by atoms with van der Waals surface area (Å²) in [5.41, 5.74) is 0.150. The monoisotopic (exact) mass is 603 g/mol. The van der Waals surface area contributed by atoms with Gasteiger partial charge in [0.1, 0.15) is 0 Å². The standard InChI is InChI=1S/C25H22BrN3O8S/c1-5-37-24(32)20-12(2)27-25-28(21(20)13-6-7-17(35-3)18(9-13)36-4)23(31)19(38-25)10-14-8-15(26)11-16(22(14)30)29(33)34/h6-11,21,30H,5H2,1-4H3/b19-10-/t21-/m0/s1. The average Bonchev–Trinajstić information content (AvgIpc) is 3.18. The van der Waals surface area contributed by atoms with Crippen molar-refractivity contribution in [2.75, 3.05) is 20.8 Å². The van der Waals surface area contributed by atoms with E-state index in [1.54, 1.807) is 32.0 Å². The number of aromatic nitrogens is 1. The van der Waals surface area contributed by atoms with Crippen LogP contribution in [0.2, 0.25) is 0 Å². The van der Waals surface area contributed by atoms with Crippen molar-refractivity contribution in [1.82, 2.24) is 4.57 Å². The van der Waals surface area contributed by atoms with Crippen molar-refractivity contribution in [1.29, 1.82) is 0 Å². The Morgan fingerprint density at radius 2 is 1.97 bits per heavy atom. The number of carbonyl (C=O) groups excluding carboxylic acids is 1. The molecule has 0 saturated heterocycles. The quantitative estimate of drug-likeness (QED) is 0.246. The zero-order valence-corrected chi connectivity index (χ0v) is 23.1. The van der Waals surface area contributed by atoms with E-state index in [1.807, 2.05) is 0 Å². The number of esters is 1. The molecule has 0 fully saturated rings. The fraction of sp³-hybridized carbons (Fsp3) is 0.240. The Balaban J connectivity index is 2.00. The van der Waals surface area contributed by atoms with E-state index in [0.29, 0.717) is 32.0 Å². The molecule has 0 amide bonds. The maximum Gasteiger partial charge on any atom is 0.338 e. The number of halogens is 1. The van der Waals surface area contributed by atoms with E-state index < -0.39 is 33.9 Å². The van der Waals surface area contributed by atoms with Gasteiger partial charge in [-0.15, -0.1) is 0 Å². The van der Waals surface area contributed by atoms with Crippen LogP contribution >= 0.6 is 27.3 Å². The number of benzene rings is 2. The topological polar surface area (TPSA) is 142 Å². The number of allylic oxidation sites excluding steroid dienone is 1. The van der Waals surface area contributed by atoms with Gasteiger partial charge < -0.3 is 19.3 Å². The maximum atomic E-state index is 13.8. The molecule has 2 heterocycles. The van der Waals surface area contributed by atoms with Crippen LogP contribution in [0.25, 0.3) is 6.08 Å². The number of hydrogen-bond donors (Lipinski definition) is 1. The van der Waals surface area contributed by atoms with E-state index >= 15 is 0 Å². The molecule has 0 saturated carbocycles. The van der Waals surface area contributed by atoms with Gasteiger partial charge in [-0.2, -0.15) is 0 Å². The summed E-state index contributed by atoms with van der Waals surface area (Å²) in [6.07, 6.45) is 1.35. The fourth-order valence-corrected chi connectivity index (χ4v) is 5.63. The number of nitrogens with zero attached hydrogens (tertiary/aromatic N) is 3. The second-order valence-corrected chi connectivity index (χ2v) is 9.96. The molecular weight excluding hydrogens is 582 g/mol. The third-order valence-corrected chi connectivity index (χ3v) is 7.25. The minimum Gasteiger partial charge on any atom is -0.502 e. The number of phenols is 1. The molecule has 0 spiro atoms. The summed E-state index contributed by atoms with van der Waals surface area (Å²) in [5, 5.41) is 21.8. The van der Waals surface area contributed by atoms with Gasteiger partial charge in [0.15, 0.2) is 16.3 Å². The zero-order valence-electron chi connectivity index (χ0n) is 20.7. The Morgan fingerprint density at radius 1 is 1.26 bits per heavy atom. The lowest BCUT2D eigenvalue weighted by Gasteiger charge is -2.25. The number of phenolic OH excluding ortho intramolecular Hbond substituents is 1. The van der Waals surface area contributed by atoms with Crippen LogP contribution in [0.15, 0.2) is 55.9 Å². The van der Waals surface area contributed by atoms with Gasteiger partial charge in [-0.05, 0) is 43.7 Å². The Morgan fingerprint density at radius 3 is 2.61 bits per heavy atom. The van der Waals surface area contributed by atoms with Gasteiger partial charge in [0, 0.05) is 16.1 Å². The molecule has 38 heavy (non-hydrogen) atoms. The number of methoxy groups -OCH3 is 2. The number of ether oxygens (including phenoxy) is 3. The number of rotatable bonds is 7. The van der Waals surface area contributed by atoms with Gasteiger partial charge in [0.05, 0.1) is 47.6 Å². The Labute approximate surface area is 228 Å². The molecule has 3 aromatic rings. The SMILES string of the molecule is CCOC(=O)C1=C(C)N=c2s/c(=C\c3cc(Br)cc([N+](=O)[O-])c3O)c(=O)n2[C@H]1c1ccc(OC)c(OC)c1. The second kappa shape index (κ2) is 10.8. The van der Waals surface area contributed by atoms with Crippen LogP contribution in [0.5, 0.6) is 17.2 Å². The zero-order chi connectivity index (χ0) is 27.7. The van der Waals surface area contributed by atoms with E-state index in [0.717, 1.165) is 11.3 Å². The highest BCUT2D eigenvalue weighted by molar-refractivity contribution is 9.10. The van der Waals surface area contributed by atoms with Gasteiger partial charge in [-0.25, -0.2) is 9.79 Å². The molecule has 1 aliphatic rings. The maximum absolute atomic E-state index is 13.8. The number of hydrogen-bond acceptors (Lipinski definition) is 10. The largest absolute Gasteiger partial charge is 0.502 e. The van der Waals surface area contributed by atoms with Crippen molar-refractivity contribution in [3.8, 4) is 17.2 Å². The van der Waals surface area contributed by atoms with Gasteiger partial charge in [-0.3, -0.25) is 19.5 Å². The van der Waals surface area contributed by atoms with Crippen LogP contribution in [-0.4, -0.2) is 41.4 Å². The molecule has 11 nitrogen and oxygen atoms in total. The first kappa shape index (κ1) is 27.1. The molecular formula is C25H22BrN3O8S. The van der Waals surface area contributed by atoms with Crippen LogP contribution in [-0.2, 0) is 9.53 Å². The molecule has 0 aliphatic carbocycles. The number of nitro benzene ring substituents is 1. The predicted molar refractivity (Wildman–Crippen MR) is 142 cm³/mol. The molecule has 198 valence electrons. The molecule has 1 aromatic heterocycles. The van der Waals surface area contributed by atoms with Gasteiger partial charge in [0.2, 0.25) is 5.75 Å². The van der Waals surface area contributed by atoms with Crippen molar-refractivity contribution in [2.45, 2.75) is 19.9 Å². The highest BCUT2D eigenvalue weighted by Gasteiger charge is 2.34. The van der Waals surface area contributed by atoms with Crippen molar-refractivity contribution in [2.24, 2.45) is 4.99 Å². The van der Waals surface area contributed by atoms with Gasteiger partial charge in [-0.1, -0.05) is 33.3 Å². The Bertz CT molecular complexity index is 1670. The number of thiazole rings is 1. The van der Waals surface area contributed by atoms with E-state index in [9.17, 15) is 24.8 Å². The minimum atomic E-state index is -0.905.